The highest BCUT2D eigenvalue weighted by atomic mass is 32.2. The third-order valence-electron chi connectivity index (χ3n) is 4.57. The highest BCUT2D eigenvalue weighted by molar-refractivity contribution is 8.18. The normalized spacial score (nSPS) is 17.6. The lowest BCUT2D eigenvalue weighted by Crippen LogP contribution is -2.41. The fraction of sp³-hybridized carbons (Fsp3) is 0.500. The van der Waals surface area contributed by atoms with Crippen LogP contribution in [0.5, 0.6) is 11.5 Å². The van der Waals surface area contributed by atoms with Gasteiger partial charge in [-0.3, -0.25) is 19.4 Å². The Hall–Kier alpha value is -1.99. The number of benzene rings is 1. The second-order valence-electron chi connectivity index (χ2n) is 6.69. The topological polar surface area (TPSA) is 59.1 Å². The van der Waals surface area contributed by atoms with E-state index in [-0.39, 0.29) is 17.9 Å². The molecule has 27 heavy (non-hydrogen) atoms. The first-order valence-corrected chi connectivity index (χ1v) is 10.3. The summed E-state index contributed by atoms with van der Waals surface area (Å²) >= 11 is 0.999. The van der Waals surface area contributed by atoms with Crippen molar-refractivity contribution >= 4 is 29.0 Å². The van der Waals surface area contributed by atoms with Crippen LogP contribution >= 0.6 is 11.8 Å². The molecule has 6 nitrogen and oxygen atoms in total. The summed E-state index contributed by atoms with van der Waals surface area (Å²) in [6.45, 7) is 6.67. The number of carbonyl (C=O) groups excluding carboxylic acids is 2. The van der Waals surface area contributed by atoms with Crippen LogP contribution in [0.15, 0.2) is 23.1 Å². The van der Waals surface area contributed by atoms with E-state index in [0.29, 0.717) is 23.1 Å². The van der Waals surface area contributed by atoms with Crippen LogP contribution in [0.2, 0.25) is 0 Å². The average Bonchev–Trinajstić information content (AvgIpc) is 3.23. The molecule has 3 rings (SSSR count). The van der Waals surface area contributed by atoms with Crippen LogP contribution in [0.1, 0.15) is 45.1 Å². The molecular formula is C20H26N2O4S. The zero-order valence-corrected chi connectivity index (χ0v) is 16.7. The molecule has 0 atom stereocenters. The van der Waals surface area contributed by atoms with Gasteiger partial charge in [-0.05, 0) is 61.5 Å². The number of rotatable bonds is 9. The van der Waals surface area contributed by atoms with Gasteiger partial charge < -0.3 is 9.47 Å². The molecular weight excluding hydrogens is 364 g/mol. The van der Waals surface area contributed by atoms with Crippen LogP contribution in [0.3, 0.4) is 0 Å². The van der Waals surface area contributed by atoms with Crippen LogP contribution in [0.4, 0.5) is 4.79 Å². The molecule has 0 N–H and O–H groups in total. The van der Waals surface area contributed by atoms with Crippen molar-refractivity contribution < 1.29 is 19.1 Å². The molecule has 1 fully saturated rings. The minimum atomic E-state index is -0.222. The zero-order valence-electron chi connectivity index (χ0n) is 15.9. The van der Waals surface area contributed by atoms with Crippen LogP contribution in [0.25, 0.3) is 6.08 Å². The van der Waals surface area contributed by atoms with E-state index in [1.54, 1.807) is 6.08 Å². The van der Waals surface area contributed by atoms with Gasteiger partial charge in [0.1, 0.15) is 0 Å². The number of nitrogens with zero attached hydrogens (tertiary/aromatic N) is 2. The maximum Gasteiger partial charge on any atom is 0.294 e. The number of ether oxygens (including phenoxy) is 2. The number of fused-ring (bicyclic) bond motifs is 1. The van der Waals surface area contributed by atoms with E-state index in [1.807, 2.05) is 18.2 Å². The molecule has 1 aromatic carbocycles. The molecule has 1 aromatic rings. The van der Waals surface area contributed by atoms with E-state index < -0.39 is 0 Å². The average molecular weight is 391 g/mol. The number of hydrogen-bond acceptors (Lipinski definition) is 6. The van der Waals surface area contributed by atoms with Crippen molar-refractivity contribution in [1.82, 2.24) is 9.80 Å². The summed E-state index contributed by atoms with van der Waals surface area (Å²) in [6.07, 6.45) is 6.05. The first-order chi connectivity index (χ1) is 13.1. The van der Waals surface area contributed by atoms with E-state index in [9.17, 15) is 9.59 Å². The Bertz CT molecular complexity index is 727. The Morgan fingerprint density at radius 2 is 1.81 bits per heavy atom. The van der Waals surface area contributed by atoms with Gasteiger partial charge in [0, 0.05) is 0 Å². The van der Waals surface area contributed by atoms with Gasteiger partial charge in [0.05, 0.1) is 11.6 Å². The lowest BCUT2D eigenvalue weighted by Gasteiger charge is -2.26. The molecule has 0 unspecified atom stereocenters. The number of imide groups is 1. The van der Waals surface area contributed by atoms with Crippen LogP contribution in [0, 0.1) is 0 Å². The van der Waals surface area contributed by atoms with E-state index in [1.165, 1.54) is 4.90 Å². The van der Waals surface area contributed by atoms with Gasteiger partial charge in [0.15, 0.2) is 11.5 Å². The summed E-state index contributed by atoms with van der Waals surface area (Å²) in [5.41, 5.74) is 0.818. The summed E-state index contributed by atoms with van der Waals surface area (Å²) in [4.78, 5) is 29.2. The standard InChI is InChI=1S/C20H26N2O4S/c1-3-5-9-21(10-6-4-2)13-22-19(23)18(27-20(22)24)12-15-7-8-16-17(11-15)26-14-25-16/h7-8,11-12H,3-6,9-10,13-14H2,1-2H3. The van der Waals surface area contributed by atoms with Crippen molar-refractivity contribution in [2.45, 2.75) is 39.5 Å². The van der Waals surface area contributed by atoms with Crippen molar-refractivity contribution in [2.75, 3.05) is 26.6 Å². The first kappa shape index (κ1) is 19.8. The van der Waals surface area contributed by atoms with Crippen molar-refractivity contribution in [3.05, 3.63) is 28.7 Å². The van der Waals surface area contributed by atoms with Crippen LogP contribution in [-0.2, 0) is 4.79 Å². The monoisotopic (exact) mass is 390 g/mol. The molecule has 1 saturated heterocycles. The Labute approximate surface area is 164 Å². The summed E-state index contributed by atoms with van der Waals surface area (Å²) < 4.78 is 10.7. The molecule has 0 spiro atoms. The Morgan fingerprint density at radius 1 is 1.11 bits per heavy atom. The summed E-state index contributed by atoms with van der Waals surface area (Å²) in [7, 11) is 0. The van der Waals surface area contributed by atoms with Crippen molar-refractivity contribution in [1.29, 1.82) is 0 Å². The molecule has 2 amide bonds. The van der Waals surface area contributed by atoms with Gasteiger partial charge in [-0.1, -0.05) is 32.8 Å². The fourth-order valence-corrected chi connectivity index (χ4v) is 3.82. The SMILES string of the molecule is CCCCN(CCCC)CN1C(=O)SC(=Cc2ccc3c(c2)OCO3)C1=O. The van der Waals surface area contributed by atoms with Crippen molar-refractivity contribution in [3.8, 4) is 11.5 Å². The fourth-order valence-electron chi connectivity index (χ4n) is 2.99. The first-order valence-electron chi connectivity index (χ1n) is 9.49. The van der Waals surface area contributed by atoms with Gasteiger partial charge in [0.2, 0.25) is 6.79 Å². The minimum absolute atomic E-state index is 0.204. The number of thioether (sulfide) groups is 1. The van der Waals surface area contributed by atoms with E-state index in [0.717, 1.165) is 56.1 Å². The predicted molar refractivity (Wildman–Crippen MR) is 107 cm³/mol. The lowest BCUT2D eigenvalue weighted by molar-refractivity contribution is -0.124. The van der Waals surface area contributed by atoms with Crippen LogP contribution < -0.4 is 9.47 Å². The highest BCUT2D eigenvalue weighted by Gasteiger charge is 2.36. The molecule has 7 heteroatoms. The number of amides is 2. The van der Waals surface area contributed by atoms with Gasteiger partial charge in [-0.15, -0.1) is 0 Å². The maximum atomic E-state index is 12.8. The second-order valence-corrected chi connectivity index (χ2v) is 7.68. The van der Waals surface area contributed by atoms with Crippen LogP contribution in [-0.4, -0.2) is 47.5 Å². The largest absolute Gasteiger partial charge is 0.454 e. The smallest absolute Gasteiger partial charge is 0.294 e. The van der Waals surface area contributed by atoms with Crippen molar-refractivity contribution in [3.63, 3.8) is 0 Å². The van der Waals surface area contributed by atoms with Gasteiger partial charge in [-0.2, -0.15) is 0 Å². The molecule has 146 valence electrons. The molecule has 0 bridgehead atoms. The number of carbonyl (C=O) groups is 2. The summed E-state index contributed by atoms with van der Waals surface area (Å²) in [6, 6.07) is 5.50. The molecule has 0 aliphatic carbocycles. The lowest BCUT2D eigenvalue weighted by atomic mass is 10.2. The number of unbranched alkanes of at least 4 members (excludes halogenated alkanes) is 2. The quantitative estimate of drug-likeness (QED) is 0.586. The van der Waals surface area contributed by atoms with Gasteiger partial charge in [0.25, 0.3) is 11.1 Å². The Balaban J connectivity index is 1.70. The highest BCUT2D eigenvalue weighted by Crippen LogP contribution is 2.36. The minimum Gasteiger partial charge on any atom is -0.454 e. The third-order valence-corrected chi connectivity index (χ3v) is 5.47. The summed E-state index contributed by atoms with van der Waals surface area (Å²) in [5, 5.41) is -0.204. The number of hydrogen-bond donors (Lipinski definition) is 0. The molecule has 0 aromatic heterocycles. The molecule has 0 saturated carbocycles. The van der Waals surface area contributed by atoms with E-state index >= 15 is 0 Å². The molecule has 2 aliphatic rings. The zero-order chi connectivity index (χ0) is 19.2. The molecule has 2 aliphatic heterocycles. The Kier molecular flexibility index (Phi) is 6.79. The Morgan fingerprint density at radius 3 is 2.52 bits per heavy atom. The van der Waals surface area contributed by atoms with E-state index in [2.05, 4.69) is 18.7 Å². The van der Waals surface area contributed by atoms with E-state index in [4.69, 9.17) is 9.47 Å². The van der Waals surface area contributed by atoms with Crippen molar-refractivity contribution in [2.24, 2.45) is 0 Å². The second kappa shape index (κ2) is 9.28. The maximum absolute atomic E-state index is 12.8. The molecule has 2 heterocycles. The van der Waals surface area contributed by atoms with Gasteiger partial charge in [-0.25, -0.2) is 0 Å². The predicted octanol–water partition coefficient (Wildman–Crippen LogP) is 4.31. The van der Waals surface area contributed by atoms with Gasteiger partial charge >= 0.3 is 0 Å². The molecule has 0 radical (unpaired) electrons. The summed E-state index contributed by atoms with van der Waals surface area (Å²) in [5.74, 6) is 1.14. The third kappa shape index (κ3) is 4.84.